The van der Waals surface area contributed by atoms with Crippen LogP contribution in [0.1, 0.15) is 17.3 Å². The number of rotatable bonds is 6. The standard InChI is InChI=1S/C18H22N4O4/c1-2-25-16-4-3-12(9-14(16)17(23)24)15-5-6-20-18(21-15)22-7-8-26-13(10-19)11-22/h3-6,9,13H,2,7-8,10-11,19H2,1H3,(H,23,24)/t13-/m1/s1. The van der Waals surface area contributed by atoms with Crippen LogP contribution >= 0.6 is 0 Å². The van der Waals surface area contributed by atoms with Gasteiger partial charge in [-0.15, -0.1) is 0 Å². The van der Waals surface area contributed by atoms with Gasteiger partial charge in [-0.3, -0.25) is 0 Å². The number of nitrogens with two attached hydrogens (primary N) is 1. The van der Waals surface area contributed by atoms with Crippen molar-refractivity contribution in [2.24, 2.45) is 5.73 Å². The van der Waals surface area contributed by atoms with Crippen LogP contribution < -0.4 is 15.4 Å². The van der Waals surface area contributed by atoms with Gasteiger partial charge in [0, 0.05) is 31.4 Å². The SMILES string of the molecule is CCOc1ccc(-c2ccnc(N3CCO[C@H](CN)C3)n2)cc1C(=O)O. The van der Waals surface area contributed by atoms with E-state index in [1.54, 1.807) is 30.5 Å². The number of morpholine rings is 1. The predicted molar refractivity (Wildman–Crippen MR) is 96.6 cm³/mol. The summed E-state index contributed by atoms with van der Waals surface area (Å²) in [4.78, 5) is 22.5. The van der Waals surface area contributed by atoms with Crippen molar-refractivity contribution in [3.8, 4) is 17.0 Å². The fourth-order valence-electron chi connectivity index (χ4n) is 2.84. The van der Waals surface area contributed by atoms with E-state index in [-0.39, 0.29) is 11.7 Å². The van der Waals surface area contributed by atoms with Gasteiger partial charge in [-0.05, 0) is 31.2 Å². The van der Waals surface area contributed by atoms with Crippen LogP contribution in [0.5, 0.6) is 5.75 Å². The van der Waals surface area contributed by atoms with Crippen molar-refractivity contribution in [2.45, 2.75) is 13.0 Å². The summed E-state index contributed by atoms with van der Waals surface area (Å²) in [5.74, 6) is -0.115. The van der Waals surface area contributed by atoms with Crippen LogP contribution in [0.3, 0.4) is 0 Å². The fraction of sp³-hybridized carbons (Fsp3) is 0.389. The maximum Gasteiger partial charge on any atom is 0.339 e. The molecule has 0 radical (unpaired) electrons. The molecule has 3 rings (SSSR count). The van der Waals surface area contributed by atoms with Crippen LogP contribution in [0.2, 0.25) is 0 Å². The van der Waals surface area contributed by atoms with Crippen LogP contribution in [0, 0.1) is 0 Å². The number of benzene rings is 1. The number of ether oxygens (including phenoxy) is 2. The van der Waals surface area contributed by atoms with Crippen molar-refractivity contribution in [3.63, 3.8) is 0 Å². The first-order valence-corrected chi connectivity index (χ1v) is 8.52. The number of carboxylic acid groups (broad SMARTS) is 1. The predicted octanol–water partition coefficient (Wildman–Crippen LogP) is 1.40. The zero-order chi connectivity index (χ0) is 18.5. The Hall–Kier alpha value is -2.71. The Labute approximate surface area is 151 Å². The van der Waals surface area contributed by atoms with E-state index in [1.165, 1.54) is 0 Å². The molecule has 2 heterocycles. The largest absolute Gasteiger partial charge is 0.493 e. The lowest BCUT2D eigenvalue weighted by Gasteiger charge is -2.32. The Kier molecular flexibility index (Phi) is 5.65. The monoisotopic (exact) mass is 358 g/mol. The maximum atomic E-state index is 11.5. The van der Waals surface area contributed by atoms with Gasteiger partial charge in [0.1, 0.15) is 11.3 Å². The molecule has 1 aliphatic heterocycles. The summed E-state index contributed by atoms with van der Waals surface area (Å²) in [6.07, 6.45) is 1.63. The molecule has 1 saturated heterocycles. The second-order valence-electron chi connectivity index (χ2n) is 5.87. The molecule has 0 aliphatic carbocycles. The first kappa shape index (κ1) is 18.1. The summed E-state index contributed by atoms with van der Waals surface area (Å²) in [7, 11) is 0. The molecular weight excluding hydrogens is 336 g/mol. The highest BCUT2D eigenvalue weighted by Crippen LogP contribution is 2.27. The third-order valence-electron chi connectivity index (χ3n) is 4.13. The number of anilines is 1. The van der Waals surface area contributed by atoms with Crippen LogP contribution in [-0.4, -0.2) is 60.0 Å². The average molecular weight is 358 g/mol. The van der Waals surface area contributed by atoms with Crippen LogP contribution in [-0.2, 0) is 4.74 Å². The highest BCUT2D eigenvalue weighted by Gasteiger charge is 2.22. The van der Waals surface area contributed by atoms with E-state index in [0.717, 1.165) is 0 Å². The Bertz CT molecular complexity index is 784. The van der Waals surface area contributed by atoms with E-state index in [9.17, 15) is 9.90 Å². The second-order valence-corrected chi connectivity index (χ2v) is 5.87. The van der Waals surface area contributed by atoms with Gasteiger partial charge in [0.2, 0.25) is 5.95 Å². The van der Waals surface area contributed by atoms with Crippen molar-refractivity contribution < 1.29 is 19.4 Å². The van der Waals surface area contributed by atoms with E-state index < -0.39 is 5.97 Å². The molecule has 0 amide bonds. The Morgan fingerprint density at radius 1 is 1.46 bits per heavy atom. The minimum absolute atomic E-state index is 0.0416. The first-order valence-electron chi connectivity index (χ1n) is 8.52. The Morgan fingerprint density at radius 2 is 2.31 bits per heavy atom. The number of hydrogen-bond acceptors (Lipinski definition) is 7. The van der Waals surface area contributed by atoms with Crippen LogP contribution in [0.15, 0.2) is 30.5 Å². The first-order chi connectivity index (χ1) is 12.6. The highest BCUT2D eigenvalue weighted by atomic mass is 16.5. The Balaban J connectivity index is 1.90. The minimum Gasteiger partial charge on any atom is -0.493 e. The van der Waals surface area contributed by atoms with Crippen molar-refractivity contribution in [2.75, 3.05) is 37.7 Å². The van der Waals surface area contributed by atoms with Gasteiger partial charge in [-0.2, -0.15) is 0 Å². The molecule has 0 bridgehead atoms. The van der Waals surface area contributed by atoms with Gasteiger partial charge in [0.15, 0.2) is 0 Å². The molecule has 0 unspecified atom stereocenters. The molecule has 0 spiro atoms. The van der Waals surface area contributed by atoms with E-state index in [2.05, 4.69) is 9.97 Å². The summed E-state index contributed by atoms with van der Waals surface area (Å²) >= 11 is 0. The number of nitrogens with zero attached hydrogens (tertiary/aromatic N) is 3. The molecule has 8 nitrogen and oxygen atoms in total. The zero-order valence-electron chi connectivity index (χ0n) is 14.6. The molecular formula is C18H22N4O4. The molecule has 2 aromatic rings. The molecule has 138 valence electrons. The molecule has 8 heteroatoms. The number of hydrogen-bond donors (Lipinski definition) is 2. The fourth-order valence-corrected chi connectivity index (χ4v) is 2.84. The van der Waals surface area contributed by atoms with E-state index in [0.29, 0.717) is 55.8 Å². The third kappa shape index (κ3) is 3.92. The van der Waals surface area contributed by atoms with Gasteiger partial charge < -0.3 is 25.2 Å². The molecule has 0 saturated carbocycles. The van der Waals surface area contributed by atoms with Crippen molar-refractivity contribution in [3.05, 3.63) is 36.0 Å². The van der Waals surface area contributed by atoms with Crippen molar-refractivity contribution in [1.82, 2.24) is 9.97 Å². The highest BCUT2D eigenvalue weighted by molar-refractivity contribution is 5.92. The van der Waals surface area contributed by atoms with Crippen LogP contribution in [0.4, 0.5) is 5.95 Å². The lowest BCUT2D eigenvalue weighted by molar-refractivity contribution is 0.0460. The molecule has 1 aliphatic rings. The van der Waals surface area contributed by atoms with Crippen LogP contribution in [0.25, 0.3) is 11.3 Å². The number of carbonyl (C=O) groups is 1. The second kappa shape index (κ2) is 8.11. The van der Waals surface area contributed by atoms with Crippen molar-refractivity contribution >= 4 is 11.9 Å². The summed E-state index contributed by atoms with van der Waals surface area (Å²) in [6.45, 7) is 4.54. The summed E-state index contributed by atoms with van der Waals surface area (Å²) in [6, 6.07) is 6.78. The number of carboxylic acids is 1. The van der Waals surface area contributed by atoms with E-state index in [1.807, 2.05) is 11.8 Å². The lowest BCUT2D eigenvalue weighted by Crippen LogP contribution is -2.46. The number of aromatic carboxylic acids is 1. The average Bonchev–Trinajstić information content (AvgIpc) is 2.68. The van der Waals surface area contributed by atoms with E-state index >= 15 is 0 Å². The normalized spacial score (nSPS) is 17.2. The minimum atomic E-state index is -1.04. The van der Waals surface area contributed by atoms with Gasteiger partial charge in [0.05, 0.1) is 25.0 Å². The number of aromatic nitrogens is 2. The van der Waals surface area contributed by atoms with Gasteiger partial charge in [0.25, 0.3) is 0 Å². The molecule has 26 heavy (non-hydrogen) atoms. The van der Waals surface area contributed by atoms with Gasteiger partial charge in [-0.25, -0.2) is 14.8 Å². The van der Waals surface area contributed by atoms with Gasteiger partial charge >= 0.3 is 5.97 Å². The summed E-state index contributed by atoms with van der Waals surface area (Å²) in [5.41, 5.74) is 7.14. The molecule has 1 aromatic heterocycles. The van der Waals surface area contributed by atoms with Crippen molar-refractivity contribution in [1.29, 1.82) is 0 Å². The zero-order valence-corrected chi connectivity index (χ0v) is 14.6. The van der Waals surface area contributed by atoms with E-state index in [4.69, 9.17) is 15.2 Å². The topological polar surface area (TPSA) is 111 Å². The summed E-state index contributed by atoms with van der Waals surface area (Å²) < 4.78 is 11.0. The quantitative estimate of drug-likeness (QED) is 0.797. The summed E-state index contributed by atoms with van der Waals surface area (Å²) in [5, 5.41) is 9.43. The lowest BCUT2D eigenvalue weighted by atomic mass is 10.1. The molecule has 1 aromatic carbocycles. The Morgan fingerprint density at radius 3 is 3.04 bits per heavy atom. The molecule has 1 fully saturated rings. The van der Waals surface area contributed by atoms with Gasteiger partial charge in [-0.1, -0.05) is 0 Å². The maximum absolute atomic E-state index is 11.5. The smallest absolute Gasteiger partial charge is 0.339 e. The third-order valence-corrected chi connectivity index (χ3v) is 4.13. The molecule has 1 atom stereocenters. The molecule has 3 N–H and O–H groups in total.